The van der Waals surface area contributed by atoms with Crippen molar-refractivity contribution < 1.29 is 9.90 Å². The molecule has 5 heteroatoms. The average molecular weight is 261 g/mol. The van der Waals surface area contributed by atoms with Crippen LogP contribution in [0.4, 0.5) is 5.69 Å². The van der Waals surface area contributed by atoms with Gasteiger partial charge in [0.1, 0.15) is 11.8 Å². The number of carbonyl (C=O) groups is 1. The summed E-state index contributed by atoms with van der Waals surface area (Å²) in [4.78, 5) is 14.8. The predicted octanol–water partition coefficient (Wildman–Crippen LogP) is 2.50. The van der Waals surface area contributed by atoms with Crippen molar-refractivity contribution in [3.8, 4) is 6.07 Å². The number of nitrogens with zero attached hydrogens (tertiary/aromatic N) is 2. The zero-order valence-corrected chi connectivity index (χ0v) is 11.3. The normalized spacial score (nSPS) is 11.9. The molecule has 0 aromatic carbocycles. The Morgan fingerprint density at radius 1 is 1.53 bits per heavy atom. The molecule has 2 N–H and O–H groups in total. The second kappa shape index (κ2) is 7.37. The van der Waals surface area contributed by atoms with Gasteiger partial charge in [0.2, 0.25) is 0 Å². The topological polar surface area (TPSA) is 86.0 Å². The molecule has 0 aliphatic rings. The Morgan fingerprint density at radius 2 is 2.26 bits per heavy atom. The van der Waals surface area contributed by atoms with Crippen LogP contribution >= 0.6 is 0 Å². The first kappa shape index (κ1) is 15.0. The second-order valence-electron chi connectivity index (χ2n) is 5.02. The number of carboxylic acid groups (broad SMARTS) is 1. The summed E-state index contributed by atoms with van der Waals surface area (Å²) < 4.78 is 0. The quantitative estimate of drug-likeness (QED) is 0.787. The van der Waals surface area contributed by atoms with Crippen LogP contribution in [0.15, 0.2) is 18.3 Å². The van der Waals surface area contributed by atoms with Crippen molar-refractivity contribution >= 4 is 11.7 Å². The SMILES string of the molecule is CC(C)CC(CNc1ccc(C#N)nc1)CC(=O)O. The fourth-order valence-corrected chi connectivity index (χ4v) is 1.98. The number of nitrogens with one attached hydrogen (secondary N) is 1. The molecule has 1 heterocycles. The summed E-state index contributed by atoms with van der Waals surface area (Å²) in [6, 6.07) is 5.37. The van der Waals surface area contributed by atoms with Gasteiger partial charge in [-0.15, -0.1) is 0 Å². The number of aromatic nitrogens is 1. The molecule has 1 aromatic rings. The molecule has 1 unspecified atom stereocenters. The van der Waals surface area contributed by atoms with Crippen molar-refractivity contribution in [3.05, 3.63) is 24.0 Å². The monoisotopic (exact) mass is 261 g/mol. The van der Waals surface area contributed by atoms with E-state index in [1.807, 2.05) is 6.07 Å². The maximum absolute atomic E-state index is 10.8. The van der Waals surface area contributed by atoms with E-state index in [1.54, 1.807) is 18.3 Å². The van der Waals surface area contributed by atoms with Crippen LogP contribution in [0.3, 0.4) is 0 Å². The van der Waals surface area contributed by atoms with E-state index < -0.39 is 5.97 Å². The zero-order chi connectivity index (χ0) is 14.3. The summed E-state index contributed by atoms with van der Waals surface area (Å²) in [5.41, 5.74) is 1.17. The maximum atomic E-state index is 10.8. The summed E-state index contributed by atoms with van der Waals surface area (Å²) in [6.45, 7) is 4.76. The maximum Gasteiger partial charge on any atom is 0.303 e. The molecule has 102 valence electrons. The van der Waals surface area contributed by atoms with Gasteiger partial charge in [0.25, 0.3) is 0 Å². The van der Waals surface area contributed by atoms with Crippen LogP contribution in [0.1, 0.15) is 32.4 Å². The molecule has 0 aliphatic heterocycles. The number of hydrogen-bond acceptors (Lipinski definition) is 4. The van der Waals surface area contributed by atoms with Crippen molar-refractivity contribution in [2.75, 3.05) is 11.9 Å². The summed E-state index contributed by atoms with van der Waals surface area (Å²) in [7, 11) is 0. The van der Waals surface area contributed by atoms with Gasteiger partial charge in [0.05, 0.1) is 11.9 Å². The van der Waals surface area contributed by atoms with Crippen LogP contribution in [0, 0.1) is 23.2 Å². The Labute approximate surface area is 113 Å². The number of anilines is 1. The molecule has 0 spiro atoms. The number of aliphatic carboxylic acids is 1. The number of pyridine rings is 1. The van der Waals surface area contributed by atoms with E-state index in [2.05, 4.69) is 24.1 Å². The van der Waals surface area contributed by atoms with Gasteiger partial charge in [-0.05, 0) is 30.4 Å². The van der Waals surface area contributed by atoms with Gasteiger partial charge >= 0.3 is 5.97 Å². The molecule has 5 nitrogen and oxygen atoms in total. The van der Waals surface area contributed by atoms with Crippen LogP contribution in [0.2, 0.25) is 0 Å². The van der Waals surface area contributed by atoms with Gasteiger partial charge in [0, 0.05) is 13.0 Å². The first-order chi connectivity index (χ1) is 9.01. The molecule has 0 amide bonds. The van der Waals surface area contributed by atoms with E-state index >= 15 is 0 Å². The number of nitriles is 1. The van der Waals surface area contributed by atoms with Crippen LogP contribution in [0.25, 0.3) is 0 Å². The third-order valence-corrected chi connectivity index (χ3v) is 2.74. The smallest absolute Gasteiger partial charge is 0.303 e. The van der Waals surface area contributed by atoms with Gasteiger partial charge < -0.3 is 10.4 Å². The first-order valence-electron chi connectivity index (χ1n) is 6.33. The molecule has 0 fully saturated rings. The fourth-order valence-electron chi connectivity index (χ4n) is 1.98. The lowest BCUT2D eigenvalue weighted by molar-refractivity contribution is -0.138. The van der Waals surface area contributed by atoms with Crippen LogP contribution in [-0.2, 0) is 4.79 Å². The minimum atomic E-state index is -0.773. The third-order valence-electron chi connectivity index (χ3n) is 2.74. The predicted molar refractivity (Wildman–Crippen MR) is 72.6 cm³/mol. The summed E-state index contributed by atoms with van der Waals surface area (Å²) in [6.07, 6.45) is 2.61. The Bertz CT molecular complexity index is 449. The standard InChI is InChI=1S/C14H19N3O2/c1-10(2)5-11(6-14(18)19)8-16-13-4-3-12(7-15)17-9-13/h3-4,9-11,16H,5-6,8H2,1-2H3,(H,18,19). The number of hydrogen-bond donors (Lipinski definition) is 2. The molecular formula is C14H19N3O2. The van der Waals surface area contributed by atoms with E-state index in [0.29, 0.717) is 18.2 Å². The van der Waals surface area contributed by atoms with E-state index in [-0.39, 0.29) is 12.3 Å². The Kier molecular flexibility index (Phi) is 5.80. The van der Waals surface area contributed by atoms with Crippen LogP contribution in [-0.4, -0.2) is 22.6 Å². The highest BCUT2D eigenvalue weighted by atomic mass is 16.4. The molecule has 1 rings (SSSR count). The second-order valence-corrected chi connectivity index (χ2v) is 5.02. The van der Waals surface area contributed by atoms with E-state index in [0.717, 1.165) is 12.1 Å². The number of rotatable bonds is 7. The summed E-state index contributed by atoms with van der Waals surface area (Å²) in [5, 5.41) is 20.7. The molecule has 1 atom stereocenters. The Hall–Kier alpha value is -2.09. The summed E-state index contributed by atoms with van der Waals surface area (Å²) in [5.74, 6) is -0.219. The molecule has 0 aliphatic carbocycles. The van der Waals surface area contributed by atoms with E-state index in [1.165, 1.54) is 0 Å². The highest BCUT2D eigenvalue weighted by Crippen LogP contribution is 2.17. The molecule has 0 radical (unpaired) electrons. The lowest BCUT2D eigenvalue weighted by Crippen LogP contribution is -2.19. The van der Waals surface area contributed by atoms with Crippen molar-refractivity contribution in [1.82, 2.24) is 4.98 Å². The highest BCUT2D eigenvalue weighted by Gasteiger charge is 2.14. The number of carboxylic acids is 1. The molecule has 0 bridgehead atoms. The lowest BCUT2D eigenvalue weighted by atomic mass is 9.94. The van der Waals surface area contributed by atoms with Crippen LogP contribution < -0.4 is 5.32 Å². The van der Waals surface area contributed by atoms with Crippen molar-refractivity contribution in [1.29, 1.82) is 5.26 Å². The lowest BCUT2D eigenvalue weighted by Gasteiger charge is -2.18. The van der Waals surface area contributed by atoms with Gasteiger partial charge in [-0.2, -0.15) is 5.26 Å². The van der Waals surface area contributed by atoms with Gasteiger partial charge in [-0.3, -0.25) is 4.79 Å². The first-order valence-corrected chi connectivity index (χ1v) is 6.33. The molecule has 19 heavy (non-hydrogen) atoms. The Morgan fingerprint density at radius 3 is 2.74 bits per heavy atom. The average Bonchev–Trinajstić information content (AvgIpc) is 2.35. The van der Waals surface area contributed by atoms with Crippen molar-refractivity contribution in [2.45, 2.75) is 26.7 Å². The largest absolute Gasteiger partial charge is 0.481 e. The molecule has 0 saturated carbocycles. The van der Waals surface area contributed by atoms with E-state index in [9.17, 15) is 4.79 Å². The van der Waals surface area contributed by atoms with E-state index in [4.69, 9.17) is 10.4 Å². The fraction of sp³-hybridized carbons (Fsp3) is 0.500. The van der Waals surface area contributed by atoms with Gasteiger partial charge in [0.15, 0.2) is 0 Å². The minimum absolute atomic E-state index is 0.0909. The van der Waals surface area contributed by atoms with Gasteiger partial charge in [-0.1, -0.05) is 13.8 Å². The minimum Gasteiger partial charge on any atom is -0.481 e. The molecule has 0 saturated heterocycles. The van der Waals surface area contributed by atoms with Crippen LogP contribution in [0.5, 0.6) is 0 Å². The van der Waals surface area contributed by atoms with Crippen molar-refractivity contribution in [3.63, 3.8) is 0 Å². The molecular weight excluding hydrogens is 242 g/mol. The van der Waals surface area contributed by atoms with Gasteiger partial charge in [-0.25, -0.2) is 4.98 Å². The van der Waals surface area contributed by atoms with Crippen molar-refractivity contribution in [2.24, 2.45) is 11.8 Å². The molecule has 1 aromatic heterocycles. The summed E-state index contributed by atoms with van der Waals surface area (Å²) >= 11 is 0. The Balaban J connectivity index is 2.54. The zero-order valence-electron chi connectivity index (χ0n) is 11.3. The third kappa shape index (κ3) is 5.87. The highest BCUT2D eigenvalue weighted by molar-refractivity contribution is 5.67.